The molecule has 1 aromatic carbocycles. The molecule has 0 fully saturated rings. The quantitative estimate of drug-likeness (QED) is 0.800. The van der Waals surface area contributed by atoms with Crippen LogP contribution in [0.4, 0.5) is 0 Å². The van der Waals surface area contributed by atoms with Crippen molar-refractivity contribution in [3.05, 3.63) is 35.9 Å². The summed E-state index contributed by atoms with van der Waals surface area (Å²) >= 11 is 0. The van der Waals surface area contributed by atoms with Gasteiger partial charge in [-0.25, -0.2) is 0 Å². The van der Waals surface area contributed by atoms with Crippen molar-refractivity contribution in [2.45, 2.75) is 32.7 Å². The summed E-state index contributed by atoms with van der Waals surface area (Å²) in [6.07, 6.45) is 1.22. The maximum atomic E-state index is 11.7. The summed E-state index contributed by atoms with van der Waals surface area (Å²) in [7, 11) is 0. The Morgan fingerprint density at radius 1 is 1.27 bits per heavy atom. The fraction of sp³-hybridized carbons (Fsp3) is 0.462. The first-order chi connectivity index (χ1) is 7.09. The molecule has 0 unspecified atom stereocenters. The number of ketones is 1. The van der Waals surface area contributed by atoms with Crippen LogP contribution < -0.4 is 5.73 Å². The summed E-state index contributed by atoms with van der Waals surface area (Å²) in [6.45, 7) is 4.16. The van der Waals surface area contributed by atoms with Crippen molar-refractivity contribution < 1.29 is 4.79 Å². The molecular weight excluding hydrogens is 186 g/mol. The first-order valence-corrected chi connectivity index (χ1v) is 5.42. The van der Waals surface area contributed by atoms with E-state index in [1.165, 1.54) is 0 Å². The summed E-state index contributed by atoms with van der Waals surface area (Å²) in [4.78, 5) is 11.7. The second kappa shape index (κ2) is 5.66. The molecule has 0 saturated carbocycles. The predicted molar refractivity (Wildman–Crippen MR) is 62.6 cm³/mol. The van der Waals surface area contributed by atoms with Crippen molar-refractivity contribution >= 4 is 5.78 Å². The maximum absolute atomic E-state index is 11.7. The van der Waals surface area contributed by atoms with Crippen LogP contribution in [0.2, 0.25) is 0 Å². The van der Waals surface area contributed by atoms with E-state index in [2.05, 4.69) is 13.8 Å². The Balaban J connectivity index is 2.49. The van der Waals surface area contributed by atoms with Gasteiger partial charge in [-0.2, -0.15) is 0 Å². The van der Waals surface area contributed by atoms with E-state index in [9.17, 15) is 4.79 Å². The third-order valence-electron chi connectivity index (χ3n) is 2.36. The minimum Gasteiger partial charge on any atom is -0.321 e. The molecule has 0 aliphatic rings. The number of hydrogen-bond acceptors (Lipinski definition) is 2. The van der Waals surface area contributed by atoms with E-state index in [1.807, 2.05) is 30.3 Å². The number of nitrogens with two attached hydrogens (primary N) is 1. The molecule has 15 heavy (non-hydrogen) atoms. The fourth-order valence-electron chi connectivity index (χ4n) is 1.57. The van der Waals surface area contributed by atoms with E-state index in [1.54, 1.807) is 0 Å². The average Bonchev–Trinajstić information content (AvgIpc) is 2.18. The van der Waals surface area contributed by atoms with Gasteiger partial charge in [0.15, 0.2) is 5.78 Å². The molecule has 0 amide bonds. The average molecular weight is 205 g/mol. The molecule has 0 saturated heterocycles. The SMILES string of the molecule is CC(C)C[C@H](N)C(=O)Cc1ccccc1. The van der Waals surface area contributed by atoms with Gasteiger partial charge < -0.3 is 5.73 Å². The Kier molecular flexibility index (Phi) is 4.50. The van der Waals surface area contributed by atoms with Crippen LogP contribution in [0.5, 0.6) is 0 Å². The highest BCUT2D eigenvalue weighted by Crippen LogP contribution is 2.07. The first kappa shape index (κ1) is 11.9. The lowest BCUT2D eigenvalue weighted by molar-refractivity contribution is -0.120. The minimum atomic E-state index is -0.315. The molecule has 0 aliphatic carbocycles. The Morgan fingerprint density at radius 2 is 1.87 bits per heavy atom. The molecule has 2 nitrogen and oxygen atoms in total. The molecule has 1 rings (SSSR count). The van der Waals surface area contributed by atoms with Crippen molar-refractivity contribution in [3.8, 4) is 0 Å². The summed E-state index contributed by atoms with van der Waals surface area (Å²) in [5.41, 5.74) is 6.86. The number of rotatable bonds is 5. The van der Waals surface area contributed by atoms with Gasteiger partial charge >= 0.3 is 0 Å². The van der Waals surface area contributed by atoms with Crippen LogP contribution in [0.25, 0.3) is 0 Å². The summed E-state index contributed by atoms with van der Waals surface area (Å²) in [5.74, 6) is 0.606. The van der Waals surface area contributed by atoms with Gasteiger partial charge in [0.2, 0.25) is 0 Å². The monoisotopic (exact) mass is 205 g/mol. The fourth-order valence-corrected chi connectivity index (χ4v) is 1.57. The molecule has 0 radical (unpaired) electrons. The third-order valence-corrected chi connectivity index (χ3v) is 2.36. The van der Waals surface area contributed by atoms with Gasteiger partial charge in [-0.05, 0) is 17.9 Å². The summed E-state index contributed by atoms with van der Waals surface area (Å²) < 4.78 is 0. The first-order valence-electron chi connectivity index (χ1n) is 5.42. The highest BCUT2D eigenvalue weighted by Gasteiger charge is 2.14. The van der Waals surface area contributed by atoms with Gasteiger partial charge in [0.25, 0.3) is 0 Å². The second-order valence-electron chi connectivity index (χ2n) is 4.36. The Hall–Kier alpha value is -1.15. The molecule has 0 spiro atoms. The predicted octanol–water partition coefficient (Wildman–Crippen LogP) is 2.17. The van der Waals surface area contributed by atoms with E-state index < -0.39 is 0 Å². The van der Waals surface area contributed by atoms with Crippen molar-refractivity contribution in [2.24, 2.45) is 11.7 Å². The standard InChI is InChI=1S/C13H19NO/c1-10(2)8-12(14)13(15)9-11-6-4-3-5-7-11/h3-7,10,12H,8-9,14H2,1-2H3/t12-/m0/s1. The van der Waals surface area contributed by atoms with Crippen LogP contribution in [-0.2, 0) is 11.2 Å². The van der Waals surface area contributed by atoms with Crippen LogP contribution in [-0.4, -0.2) is 11.8 Å². The normalized spacial score (nSPS) is 12.8. The van der Waals surface area contributed by atoms with Gasteiger partial charge in [-0.3, -0.25) is 4.79 Å². The largest absolute Gasteiger partial charge is 0.321 e. The van der Waals surface area contributed by atoms with E-state index in [-0.39, 0.29) is 11.8 Å². The van der Waals surface area contributed by atoms with Gasteiger partial charge in [-0.15, -0.1) is 0 Å². The van der Waals surface area contributed by atoms with Crippen LogP contribution in [0.3, 0.4) is 0 Å². The van der Waals surface area contributed by atoms with Crippen molar-refractivity contribution in [1.82, 2.24) is 0 Å². The molecule has 1 aromatic rings. The zero-order chi connectivity index (χ0) is 11.3. The van der Waals surface area contributed by atoms with E-state index in [4.69, 9.17) is 5.73 Å². The lowest BCUT2D eigenvalue weighted by Crippen LogP contribution is -2.33. The molecule has 0 aliphatic heterocycles. The molecule has 2 heteroatoms. The zero-order valence-corrected chi connectivity index (χ0v) is 9.44. The number of benzene rings is 1. The summed E-state index contributed by atoms with van der Waals surface area (Å²) in [5, 5.41) is 0. The van der Waals surface area contributed by atoms with E-state index in [0.29, 0.717) is 12.3 Å². The van der Waals surface area contributed by atoms with E-state index in [0.717, 1.165) is 12.0 Å². The van der Waals surface area contributed by atoms with Crippen molar-refractivity contribution in [1.29, 1.82) is 0 Å². The number of carbonyl (C=O) groups is 1. The summed E-state index contributed by atoms with van der Waals surface area (Å²) in [6, 6.07) is 9.43. The second-order valence-corrected chi connectivity index (χ2v) is 4.36. The van der Waals surface area contributed by atoms with Crippen molar-refractivity contribution in [2.75, 3.05) is 0 Å². The van der Waals surface area contributed by atoms with Crippen LogP contribution in [0.1, 0.15) is 25.8 Å². The smallest absolute Gasteiger partial charge is 0.153 e. The number of hydrogen-bond donors (Lipinski definition) is 1. The van der Waals surface area contributed by atoms with Gasteiger partial charge in [0.05, 0.1) is 6.04 Å². The molecular formula is C13H19NO. The lowest BCUT2D eigenvalue weighted by Gasteiger charge is -2.12. The maximum Gasteiger partial charge on any atom is 0.153 e. The molecule has 0 aromatic heterocycles. The molecule has 82 valence electrons. The van der Waals surface area contributed by atoms with Crippen molar-refractivity contribution in [3.63, 3.8) is 0 Å². The molecule has 2 N–H and O–H groups in total. The molecule has 0 bridgehead atoms. The highest BCUT2D eigenvalue weighted by molar-refractivity contribution is 5.85. The van der Waals surface area contributed by atoms with Gasteiger partial charge in [-0.1, -0.05) is 44.2 Å². The van der Waals surface area contributed by atoms with Crippen LogP contribution >= 0.6 is 0 Å². The minimum absolute atomic E-state index is 0.134. The third kappa shape index (κ3) is 4.26. The van der Waals surface area contributed by atoms with E-state index >= 15 is 0 Å². The topological polar surface area (TPSA) is 43.1 Å². The molecule has 1 atom stereocenters. The zero-order valence-electron chi connectivity index (χ0n) is 9.44. The van der Waals surface area contributed by atoms with Gasteiger partial charge in [0, 0.05) is 6.42 Å². The highest BCUT2D eigenvalue weighted by atomic mass is 16.1. The Bertz CT molecular complexity index is 306. The van der Waals surface area contributed by atoms with Crippen LogP contribution in [0, 0.1) is 5.92 Å². The van der Waals surface area contributed by atoms with Gasteiger partial charge in [0.1, 0.15) is 0 Å². The molecule has 0 heterocycles. The Morgan fingerprint density at radius 3 is 2.40 bits per heavy atom. The number of Topliss-reactive ketones (excluding diaryl/α,β-unsaturated/α-hetero) is 1. The van der Waals surface area contributed by atoms with Crippen LogP contribution in [0.15, 0.2) is 30.3 Å². The Labute approximate surface area is 91.5 Å². The number of carbonyl (C=O) groups excluding carboxylic acids is 1. The lowest BCUT2D eigenvalue weighted by atomic mass is 9.97.